The number of hydrogen-bond donors (Lipinski definition) is 10. The maximum Gasteiger partial charge on any atom is 0.124 e. The molecule has 3 aliphatic heterocycles. The molecule has 3 heterocycles. The molecule has 260 valence electrons. The largest absolute Gasteiger partial charge is 0.394 e. The first-order chi connectivity index (χ1) is 19.8. The van der Waals surface area contributed by atoms with Gasteiger partial charge in [-0.1, -0.05) is 0 Å². The summed E-state index contributed by atoms with van der Waals surface area (Å²) in [5.41, 5.74) is -15.9. The first-order valence-electron chi connectivity index (χ1n) is 14.9. The molecule has 0 aromatic heterocycles. The number of ether oxygens (including phenoxy) is 5. The van der Waals surface area contributed by atoms with Crippen LogP contribution in [0.1, 0.15) is 61.8 Å². The van der Waals surface area contributed by atoms with E-state index in [1.807, 2.05) is 0 Å². The molecule has 0 amide bonds. The zero-order valence-corrected chi connectivity index (χ0v) is 26.9. The molecular weight excluding hydrogens is 588 g/mol. The molecule has 14 atom stereocenters. The minimum Gasteiger partial charge on any atom is -0.394 e. The topological polar surface area (TPSA) is 248 Å². The molecule has 10 N–H and O–H groups in total. The third kappa shape index (κ3) is 5.86. The summed E-state index contributed by atoms with van der Waals surface area (Å²) in [5, 5.41) is 108. The highest BCUT2D eigenvalue weighted by molar-refractivity contribution is 5.17. The van der Waals surface area contributed by atoms with Crippen LogP contribution in [0, 0.1) is 0 Å². The lowest BCUT2D eigenvalue weighted by Gasteiger charge is -2.58. The fourth-order valence-electron chi connectivity index (χ4n) is 6.31. The number of rotatable bonds is 10. The second-order valence-electron chi connectivity index (χ2n) is 14.3. The Morgan fingerprint density at radius 3 is 1.14 bits per heavy atom. The average molecular weight is 643 g/mol. The predicted molar refractivity (Wildman–Crippen MR) is 151 cm³/mol. The summed E-state index contributed by atoms with van der Waals surface area (Å²) in [6.07, 6.45) is -6.85. The van der Waals surface area contributed by atoms with Gasteiger partial charge in [0.15, 0.2) is 0 Å². The maximum absolute atomic E-state index is 11.4. The lowest BCUT2D eigenvalue weighted by atomic mass is 9.66. The highest BCUT2D eigenvalue weighted by atomic mass is 16.6. The van der Waals surface area contributed by atoms with E-state index in [0.29, 0.717) is 0 Å². The van der Waals surface area contributed by atoms with Gasteiger partial charge in [-0.25, -0.2) is 0 Å². The fourth-order valence-corrected chi connectivity index (χ4v) is 6.31. The van der Waals surface area contributed by atoms with Crippen LogP contribution >= 0.6 is 0 Å². The Balaban J connectivity index is 1.72. The Kier molecular flexibility index (Phi) is 10.4. The SMILES string of the molecule is CC1(O)CC(CO)OC(COCC2OC(COCC3OC(CO)C(C)(O)C(C)(O)C3(C)O)C(C)(O)C(C)(O)C2(C)O)C1(C)O. The van der Waals surface area contributed by atoms with Gasteiger partial charge in [-0.2, -0.15) is 0 Å². The van der Waals surface area contributed by atoms with Crippen LogP contribution < -0.4 is 0 Å². The second-order valence-corrected chi connectivity index (χ2v) is 14.3. The van der Waals surface area contributed by atoms with Gasteiger partial charge >= 0.3 is 0 Å². The van der Waals surface area contributed by atoms with E-state index in [4.69, 9.17) is 23.7 Å². The van der Waals surface area contributed by atoms with Crippen LogP contribution in [-0.4, -0.2) is 172 Å². The molecule has 14 unspecified atom stereocenters. The van der Waals surface area contributed by atoms with Crippen molar-refractivity contribution in [3.63, 3.8) is 0 Å². The Morgan fingerprint density at radius 1 is 0.477 bits per heavy atom. The van der Waals surface area contributed by atoms with Gasteiger partial charge in [0, 0.05) is 6.42 Å². The van der Waals surface area contributed by atoms with Gasteiger partial charge in [-0.05, 0) is 55.4 Å². The highest BCUT2D eigenvalue weighted by Crippen LogP contribution is 2.46. The van der Waals surface area contributed by atoms with Crippen molar-refractivity contribution in [2.75, 3.05) is 39.6 Å². The molecular formula is C29H54O15. The standard InChI is InChI=1S/C29H54O15/c1-22(32)9-16(10-30)42-18(23(22,2)33)12-40-14-20-26(5,36)29(8,39)27(6,37)21(44-20)15-41-13-19-25(4,35)28(7,38)24(3,34)17(11-31)43-19/h16-21,30-39H,9-15H2,1-8H3. The molecule has 3 saturated heterocycles. The van der Waals surface area contributed by atoms with Crippen molar-refractivity contribution in [3.05, 3.63) is 0 Å². The smallest absolute Gasteiger partial charge is 0.124 e. The molecule has 3 fully saturated rings. The van der Waals surface area contributed by atoms with Crippen LogP contribution in [0.2, 0.25) is 0 Å². The second kappa shape index (κ2) is 12.1. The first-order valence-corrected chi connectivity index (χ1v) is 14.9. The summed E-state index contributed by atoms with van der Waals surface area (Å²) in [7, 11) is 0. The van der Waals surface area contributed by atoms with Crippen molar-refractivity contribution >= 4 is 0 Å². The lowest BCUT2D eigenvalue weighted by molar-refractivity contribution is -0.359. The Hall–Kier alpha value is -0.600. The van der Waals surface area contributed by atoms with E-state index >= 15 is 0 Å². The highest BCUT2D eigenvalue weighted by Gasteiger charge is 2.67. The van der Waals surface area contributed by atoms with E-state index in [0.717, 1.165) is 0 Å². The Labute approximate surface area is 257 Å². The van der Waals surface area contributed by atoms with Gasteiger partial charge < -0.3 is 74.7 Å². The molecule has 0 radical (unpaired) electrons. The number of aliphatic hydroxyl groups is 10. The Bertz CT molecular complexity index is 989. The molecule has 44 heavy (non-hydrogen) atoms. The van der Waals surface area contributed by atoms with Crippen molar-refractivity contribution in [3.8, 4) is 0 Å². The van der Waals surface area contributed by atoms with E-state index in [-0.39, 0.29) is 32.8 Å². The summed E-state index contributed by atoms with van der Waals surface area (Å²) in [6, 6.07) is 0. The molecule has 3 rings (SSSR count). The quantitative estimate of drug-likeness (QED) is 0.112. The maximum atomic E-state index is 11.4. The summed E-state index contributed by atoms with van der Waals surface area (Å²) < 4.78 is 28.9. The molecule has 0 saturated carbocycles. The van der Waals surface area contributed by atoms with E-state index in [9.17, 15) is 51.1 Å². The summed E-state index contributed by atoms with van der Waals surface area (Å²) in [6.45, 7) is 7.81. The fraction of sp³-hybridized carbons (Fsp3) is 1.00. The minimum absolute atomic E-state index is 0.00801. The molecule has 0 bridgehead atoms. The Morgan fingerprint density at radius 2 is 0.795 bits per heavy atom. The summed E-state index contributed by atoms with van der Waals surface area (Å²) >= 11 is 0. The number of aliphatic hydroxyl groups excluding tert-OH is 2. The predicted octanol–water partition coefficient (Wildman–Crippen LogP) is -3.30. The first kappa shape index (κ1) is 37.9. The lowest BCUT2D eigenvalue weighted by Crippen LogP contribution is -2.78. The van der Waals surface area contributed by atoms with E-state index in [1.165, 1.54) is 55.4 Å². The normalized spacial score (nSPS) is 55.2. The van der Waals surface area contributed by atoms with Crippen LogP contribution in [-0.2, 0) is 23.7 Å². The van der Waals surface area contributed by atoms with E-state index < -0.39 is 94.6 Å². The van der Waals surface area contributed by atoms with Crippen molar-refractivity contribution in [1.29, 1.82) is 0 Å². The third-order valence-electron chi connectivity index (χ3n) is 11.3. The molecule has 0 aromatic carbocycles. The van der Waals surface area contributed by atoms with Gasteiger partial charge in [0.05, 0.1) is 51.3 Å². The van der Waals surface area contributed by atoms with Crippen LogP contribution in [0.25, 0.3) is 0 Å². The molecule has 0 aliphatic carbocycles. The minimum atomic E-state index is -2.18. The van der Waals surface area contributed by atoms with Crippen LogP contribution in [0.5, 0.6) is 0 Å². The molecule has 0 spiro atoms. The van der Waals surface area contributed by atoms with Crippen LogP contribution in [0.3, 0.4) is 0 Å². The van der Waals surface area contributed by atoms with Gasteiger partial charge in [0.1, 0.15) is 69.7 Å². The van der Waals surface area contributed by atoms with Gasteiger partial charge in [-0.3, -0.25) is 0 Å². The van der Waals surface area contributed by atoms with Crippen molar-refractivity contribution < 1.29 is 74.7 Å². The molecule has 15 heteroatoms. The van der Waals surface area contributed by atoms with Gasteiger partial charge in [-0.15, -0.1) is 0 Å². The van der Waals surface area contributed by atoms with Crippen LogP contribution in [0.4, 0.5) is 0 Å². The average Bonchev–Trinajstić information content (AvgIpc) is 2.88. The van der Waals surface area contributed by atoms with E-state index in [2.05, 4.69) is 0 Å². The van der Waals surface area contributed by atoms with Crippen molar-refractivity contribution in [2.24, 2.45) is 0 Å². The molecule has 15 nitrogen and oxygen atoms in total. The molecule has 3 aliphatic rings. The zero-order valence-electron chi connectivity index (χ0n) is 26.9. The summed E-state index contributed by atoms with van der Waals surface area (Å²) in [5.74, 6) is 0. The number of hydrogen-bond acceptors (Lipinski definition) is 15. The third-order valence-corrected chi connectivity index (χ3v) is 11.3. The van der Waals surface area contributed by atoms with Crippen LogP contribution in [0.15, 0.2) is 0 Å². The zero-order chi connectivity index (χ0) is 33.9. The van der Waals surface area contributed by atoms with Gasteiger partial charge in [0.2, 0.25) is 0 Å². The van der Waals surface area contributed by atoms with E-state index in [1.54, 1.807) is 0 Å². The monoisotopic (exact) mass is 642 g/mol. The summed E-state index contributed by atoms with van der Waals surface area (Å²) in [4.78, 5) is 0. The van der Waals surface area contributed by atoms with Crippen molar-refractivity contribution in [2.45, 2.75) is 143 Å². The molecule has 0 aromatic rings. The van der Waals surface area contributed by atoms with Gasteiger partial charge in [0.25, 0.3) is 0 Å². The van der Waals surface area contributed by atoms with Crippen molar-refractivity contribution in [1.82, 2.24) is 0 Å².